The van der Waals surface area contributed by atoms with E-state index in [1.165, 1.54) is 0 Å². The molecule has 1 amide bonds. The molecular formula is C26H28N8O2S. The second-order valence-electron chi connectivity index (χ2n) is 9.45. The van der Waals surface area contributed by atoms with Crippen molar-refractivity contribution >= 4 is 45.0 Å². The smallest absolute Gasteiger partial charge is 0.251 e. The van der Waals surface area contributed by atoms with Gasteiger partial charge in [-0.2, -0.15) is 4.98 Å². The van der Waals surface area contributed by atoms with Crippen LogP contribution >= 0.6 is 11.3 Å². The van der Waals surface area contributed by atoms with Crippen LogP contribution in [0.25, 0.3) is 20.8 Å². The van der Waals surface area contributed by atoms with Gasteiger partial charge in [-0.3, -0.25) is 9.69 Å². The lowest BCUT2D eigenvalue weighted by Crippen LogP contribution is -2.47. The molecule has 2 aliphatic heterocycles. The van der Waals surface area contributed by atoms with Crippen LogP contribution in [0.5, 0.6) is 0 Å². The first-order valence-corrected chi connectivity index (χ1v) is 13.2. The maximum absolute atomic E-state index is 12.0. The number of carbonyl (C=O) groups excluding carboxylic acids is 1. The molecule has 5 heterocycles. The molecule has 0 aliphatic carbocycles. The fraction of sp³-hybridized carbons (Fsp3) is 0.346. The van der Waals surface area contributed by atoms with Crippen LogP contribution in [0, 0.1) is 6.92 Å². The predicted molar refractivity (Wildman–Crippen MR) is 144 cm³/mol. The lowest BCUT2D eigenvalue weighted by Gasteiger charge is -2.34. The molecule has 0 radical (unpaired) electrons. The highest BCUT2D eigenvalue weighted by Gasteiger charge is 2.43. The van der Waals surface area contributed by atoms with Gasteiger partial charge >= 0.3 is 0 Å². The number of piperazine rings is 1. The van der Waals surface area contributed by atoms with Crippen molar-refractivity contribution < 1.29 is 9.90 Å². The van der Waals surface area contributed by atoms with Crippen molar-refractivity contribution in [3.63, 3.8) is 0 Å². The van der Waals surface area contributed by atoms with Crippen molar-refractivity contribution in [3.05, 3.63) is 53.9 Å². The molecule has 0 saturated carbocycles. The SMILES string of the molecule is CNC(=O)c1cccc(-c2nc3cc(Nc4cc(C)nc(N5C[C@@H]6C[C@H]5CN6CCO)n4)ncc3s2)c1. The Bertz CT molecular complexity index is 1470. The molecule has 2 fully saturated rings. The maximum atomic E-state index is 12.0. The number of aliphatic hydroxyl groups is 1. The van der Waals surface area contributed by atoms with E-state index >= 15 is 0 Å². The van der Waals surface area contributed by atoms with Gasteiger partial charge in [0.15, 0.2) is 0 Å². The fourth-order valence-corrected chi connectivity index (χ4v) is 6.15. The molecule has 1 aromatic carbocycles. The normalized spacial score (nSPS) is 19.1. The van der Waals surface area contributed by atoms with Gasteiger partial charge in [0.2, 0.25) is 5.95 Å². The number of aryl methyl sites for hydroxylation is 1. The van der Waals surface area contributed by atoms with Crippen LogP contribution in [0.3, 0.4) is 0 Å². The van der Waals surface area contributed by atoms with E-state index < -0.39 is 0 Å². The molecular weight excluding hydrogens is 488 g/mol. The van der Waals surface area contributed by atoms with Crippen molar-refractivity contribution in [1.29, 1.82) is 0 Å². The molecule has 0 unspecified atom stereocenters. The summed E-state index contributed by atoms with van der Waals surface area (Å²) in [4.78, 5) is 35.6. The molecule has 3 N–H and O–H groups in total. The minimum Gasteiger partial charge on any atom is -0.395 e. The molecule has 0 spiro atoms. The third-order valence-corrected chi connectivity index (χ3v) is 8.03. The Kier molecular flexibility index (Phi) is 6.19. The Hall–Kier alpha value is -3.67. The summed E-state index contributed by atoms with van der Waals surface area (Å²) < 4.78 is 0.964. The highest BCUT2D eigenvalue weighted by atomic mass is 32.1. The van der Waals surface area contributed by atoms with Gasteiger partial charge in [0.05, 0.1) is 16.8 Å². The Morgan fingerprint density at radius 2 is 2.03 bits per heavy atom. The molecule has 10 nitrogen and oxygen atoms in total. The molecule has 37 heavy (non-hydrogen) atoms. The van der Waals surface area contributed by atoms with Crippen molar-refractivity contribution in [2.24, 2.45) is 0 Å². The molecule has 2 aliphatic rings. The largest absolute Gasteiger partial charge is 0.395 e. The van der Waals surface area contributed by atoms with Gasteiger partial charge in [-0.05, 0) is 25.5 Å². The van der Waals surface area contributed by atoms with Gasteiger partial charge < -0.3 is 20.6 Å². The van der Waals surface area contributed by atoms with Crippen molar-refractivity contribution in [3.8, 4) is 10.6 Å². The Morgan fingerprint density at radius 1 is 1.14 bits per heavy atom. The van der Waals surface area contributed by atoms with Gasteiger partial charge in [0, 0.05) is 73.9 Å². The summed E-state index contributed by atoms with van der Waals surface area (Å²) in [6.07, 6.45) is 2.89. The lowest BCUT2D eigenvalue weighted by atomic mass is 10.1. The van der Waals surface area contributed by atoms with Gasteiger partial charge in [-0.15, -0.1) is 11.3 Å². The number of benzene rings is 1. The van der Waals surface area contributed by atoms with Crippen LogP contribution in [-0.4, -0.2) is 81.2 Å². The standard InChI is InChI=1S/C26H28N8O2S/c1-15-8-23(32-26(29-15)34-14-18-10-19(34)13-33(18)6-7-35)31-22-11-20-21(12-28-22)37-25(30-20)17-5-3-4-16(9-17)24(36)27-2/h3-5,8-9,11-12,18-19,35H,6-7,10,13-14H2,1-2H3,(H,27,36)(H,28,29,31,32)/t18-,19-/m0/s1. The molecule has 190 valence electrons. The number of pyridine rings is 1. The number of amides is 1. The zero-order chi connectivity index (χ0) is 25.5. The highest BCUT2D eigenvalue weighted by Crippen LogP contribution is 2.34. The molecule has 4 aromatic rings. The maximum Gasteiger partial charge on any atom is 0.251 e. The summed E-state index contributed by atoms with van der Waals surface area (Å²) in [5, 5.41) is 16.1. The number of anilines is 3. The number of aromatic nitrogens is 4. The van der Waals surface area contributed by atoms with Crippen LogP contribution in [0.1, 0.15) is 22.5 Å². The summed E-state index contributed by atoms with van der Waals surface area (Å²) in [6, 6.07) is 12.1. The third-order valence-electron chi connectivity index (χ3n) is 6.97. The van der Waals surface area contributed by atoms with Gasteiger partial charge in [0.25, 0.3) is 5.91 Å². The summed E-state index contributed by atoms with van der Waals surface area (Å²) in [6.45, 7) is 4.70. The number of nitrogens with zero attached hydrogens (tertiary/aromatic N) is 6. The summed E-state index contributed by atoms with van der Waals surface area (Å²) >= 11 is 1.54. The number of fused-ring (bicyclic) bond motifs is 3. The molecule has 11 heteroatoms. The highest BCUT2D eigenvalue weighted by molar-refractivity contribution is 7.21. The molecule has 2 saturated heterocycles. The van der Waals surface area contributed by atoms with E-state index in [9.17, 15) is 9.90 Å². The Labute approximate surface area is 218 Å². The number of β-amino-alcohol motifs (C(OH)–C–C–N with tert-alkyl or cyclic N) is 1. The number of likely N-dealkylation sites (tertiary alicyclic amines) is 1. The quantitative estimate of drug-likeness (QED) is 0.341. The fourth-order valence-electron chi connectivity index (χ4n) is 5.24. The van der Waals surface area contributed by atoms with Gasteiger partial charge in [-0.25, -0.2) is 15.0 Å². The number of hydrogen-bond acceptors (Lipinski definition) is 10. The van der Waals surface area contributed by atoms with E-state index in [0.29, 0.717) is 29.3 Å². The van der Waals surface area contributed by atoms with Gasteiger partial charge in [-0.1, -0.05) is 12.1 Å². The second kappa shape index (κ2) is 9.66. The lowest BCUT2D eigenvalue weighted by molar-refractivity contribution is 0.0963. The number of thiazole rings is 1. The molecule has 2 atom stereocenters. The molecule has 3 aromatic heterocycles. The molecule has 6 rings (SSSR count). The minimum atomic E-state index is -0.125. The third kappa shape index (κ3) is 4.61. The number of nitrogens with one attached hydrogen (secondary N) is 2. The summed E-state index contributed by atoms with van der Waals surface area (Å²) in [5.41, 5.74) is 3.21. The van der Waals surface area contributed by atoms with E-state index in [1.807, 2.05) is 43.5 Å². The van der Waals surface area contributed by atoms with E-state index in [2.05, 4.69) is 25.4 Å². The van der Waals surface area contributed by atoms with Crippen LogP contribution in [-0.2, 0) is 0 Å². The first-order chi connectivity index (χ1) is 18.0. The Morgan fingerprint density at radius 3 is 2.81 bits per heavy atom. The van der Waals surface area contributed by atoms with Gasteiger partial charge in [0.1, 0.15) is 16.6 Å². The average Bonchev–Trinajstić information content (AvgIpc) is 3.62. The first kappa shape index (κ1) is 23.7. The first-order valence-electron chi connectivity index (χ1n) is 12.3. The summed E-state index contributed by atoms with van der Waals surface area (Å²) in [5.74, 6) is 1.95. The number of aliphatic hydroxyl groups excluding tert-OH is 1. The summed E-state index contributed by atoms with van der Waals surface area (Å²) in [7, 11) is 1.62. The Balaban J connectivity index is 1.22. The van der Waals surface area contributed by atoms with E-state index in [-0.39, 0.29) is 12.5 Å². The topological polar surface area (TPSA) is 119 Å². The van der Waals surface area contributed by atoms with Crippen molar-refractivity contribution in [2.45, 2.75) is 25.4 Å². The zero-order valence-electron chi connectivity index (χ0n) is 20.7. The monoisotopic (exact) mass is 516 g/mol. The van der Waals surface area contributed by atoms with E-state index in [4.69, 9.17) is 15.0 Å². The van der Waals surface area contributed by atoms with Crippen LogP contribution in [0.2, 0.25) is 0 Å². The molecule has 2 bridgehead atoms. The van der Waals surface area contributed by atoms with Crippen molar-refractivity contribution in [1.82, 2.24) is 30.2 Å². The zero-order valence-corrected chi connectivity index (χ0v) is 21.5. The minimum absolute atomic E-state index is 0.125. The number of carbonyl (C=O) groups is 1. The number of hydrogen-bond donors (Lipinski definition) is 3. The van der Waals surface area contributed by atoms with E-state index in [0.717, 1.165) is 58.5 Å². The second-order valence-corrected chi connectivity index (χ2v) is 10.5. The van der Waals surface area contributed by atoms with Crippen LogP contribution in [0.15, 0.2) is 42.6 Å². The van der Waals surface area contributed by atoms with Crippen LogP contribution in [0.4, 0.5) is 17.6 Å². The number of rotatable bonds is 7. The van der Waals surface area contributed by atoms with Crippen LogP contribution < -0.4 is 15.5 Å². The average molecular weight is 517 g/mol. The predicted octanol–water partition coefficient (Wildman–Crippen LogP) is 2.82. The van der Waals surface area contributed by atoms with Crippen molar-refractivity contribution in [2.75, 3.05) is 43.5 Å². The van der Waals surface area contributed by atoms with E-state index in [1.54, 1.807) is 24.5 Å².